The van der Waals surface area contributed by atoms with E-state index in [4.69, 9.17) is 16.3 Å². The Labute approximate surface area is 123 Å². The van der Waals surface area contributed by atoms with Gasteiger partial charge in [0.15, 0.2) is 0 Å². The van der Waals surface area contributed by atoms with Gasteiger partial charge in [-0.3, -0.25) is 4.98 Å². The summed E-state index contributed by atoms with van der Waals surface area (Å²) in [7, 11) is 0. The number of hydrogen-bond acceptors (Lipinski definition) is 3. The number of halogens is 1. The molecule has 3 nitrogen and oxygen atoms in total. The van der Waals surface area contributed by atoms with Crippen LogP contribution in [-0.2, 0) is 13.2 Å². The largest absolute Gasteiger partial charge is 0.489 e. The summed E-state index contributed by atoms with van der Waals surface area (Å²) in [6, 6.07) is 12.3. The Hall–Kier alpha value is -1.58. The number of nitrogens with one attached hydrogen (secondary N) is 1. The van der Waals surface area contributed by atoms with E-state index in [2.05, 4.69) is 10.3 Å². The summed E-state index contributed by atoms with van der Waals surface area (Å²) in [5, 5.41) is 4.18. The summed E-state index contributed by atoms with van der Waals surface area (Å²) < 4.78 is 5.78. The summed E-state index contributed by atoms with van der Waals surface area (Å²) in [5.74, 6) is 0.840. The number of hydrogen-bond donors (Lipinski definition) is 1. The lowest BCUT2D eigenvalue weighted by Crippen LogP contribution is -2.16. The fourth-order valence-corrected chi connectivity index (χ4v) is 2.19. The Morgan fingerprint density at radius 1 is 1.25 bits per heavy atom. The van der Waals surface area contributed by atoms with Gasteiger partial charge in [-0.25, -0.2) is 0 Å². The molecule has 104 valence electrons. The van der Waals surface area contributed by atoms with E-state index in [0.29, 0.717) is 12.6 Å². The van der Waals surface area contributed by atoms with Gasteiger partial charge < -0.3 is 10.1 Å². The number of rotatable bonds is 6. The van der Waals surface area contributed by atoms with Crippen LogP contribution >= 0.6 is 11.6 Å². The van der Waals surface area contributed by atoms with Crippen LogP contribution in [0.5, 0.6) is 5.75 Å². The summed E-state index contributed by atoms with van der Waals surface area (Å²) in [6.45, 7) is 1.32. The van der Waals surface area contributed by atoms with Crippen LogP contribution in [0.3, 0.4) is 0 Å². The third kappa shape index (κ3) is 3.95. The highest BCUT2D eigenvalue weighted by Crippen LogP contribution is 2.20. The van der Waals surface area contributed by atoms with Crippen LogP contribution in [0.4, 0.5) is 0 Å². The standard InChI is InChI=1S/C16H17ClN2O/c17-13-3-1-2-12(8-13)11-20-16-6-7-18-15(9-16)10-19-14-4-5-14/h1-3,6-9,14,19H,4-5,10-11H2. The van der Waals surface area contributed by atoms with Crippen molar-refractivity contribution in [3.63, 3.8) is 0 Å². The maximum atomic E-state index is 5.95. The van der Waals surface area contributed by atoms with Crippen LogP contribution < -0.4 is 10.1 Å². The van der Waals surface area contributed by atoms with E-state index in [1.807, 2.05) is 36.4 Å². The fraction of sp³-hybridized carbons (Fsp3) is 0.312. The minimum Gasteiger partial charge on any atom is -0.489 e. The quantitative estimate of drug-likeness (QED) is 0.882. The van der Waals surface area contributed by atoms with Gasteiger partial charge in [0.2, 0.25) is 0 Å². The molecule has 3 rings (SSSR count). The molecule has 0 bridgehead atoms. The van der Waals surface area contributed by atoms with Gasteiger partial charge in [-0.15, -0.1) is 0 Å². The lowest BCUT2D eigenvalue weighted by Gasteiger charge is -2.08. The molecule has 0 unspecified atom stereocenters. The summed E-state index contributed by atoms with van der Waals surface area (Å²) in [4.78, 5) is 4.34. The van der Waals surface area contributed by atoms with Gasteiger partial charge in [0.1, 0.15) is 12.4 Å². The van der Waals surface area contributed by atoms with E-state index in [0.717, 1.165) is 28.6 Å². The van der Waals surface area contributed by atoms with Crippen molar-refractivity contribution < 1.29 is 4.74 Å². The van der Waals surface area contributed by atoms with Crippen molar-refractivity contribution in [2.24, 2.45) is 0 Å². The molecule has 1 N–H and O–H groups in total. The van der Waals surface area contributed by atoms with Crippen molar-refractivity contribution in [2.45, 2.75) is 32.0 Å². The predicted octanol–water partition coefficient (Wildman–Crippen LogP) is 3.57. The number of aromatic nitrogens is 1. The van der Waals surface area contributed by atoms with Gasteiger partial charge in [-0.1, -0.05) is 23.7 Å². The molecule has 0 radical (unpaired) electrons. The smallest absolute Gasteiger partial charge is 0.123 e. The van der Waals surface area contributed by atoms with Crippen molar-refractivity contribution >= 4 is 11.6 Å². The highest BCUT2D eigenvalue weighted by atomic mass is 35.5. The van der Waals surface area contributed by atoms with E-state index in [9.17, 15) is 0 Å². The van der Waals surface area contributed by atoms with Crippen molar-refractivity contribution in [2.75, 3.05) is 0 Å². The average molecular weight is 289 g/mol. The van der Waals surface area contributed by atoms with Gasteiger partial charge in [0.05, 0.1) is 5.69 Å². The molecule has 1 aromatic heterocycles. The molecular weight excluding hydrogens is 272 g/mol. The van der Waals surface area contributed by atoms with Gasteiger partial charge in [0, 0.05) is 29.9 Å². The van der Waals surface area contributed by atoms with Crippen molar-refractivity contribution in [3.05, 3.63) is 58.9 Å². The first-order valence-corrected chi connectivity index (χ1v) is 7.23. The lowest BCUT2D eigenvalue weighted by molar-refractivity contribution is 0.305. The molecule has 1 aromatic carbocycles. The molecular formula is C16H17ClN2O. The molecule has 20 heavy (non-hydrogen) atoms. The fourth-order valence-electron chi connectivity index (χ4n) is 1.97. The molecule has 0 atom stereocenters. The second-order valence-corrected chi connectivity index (χ2v) is 5.49. The highest BCUT2D eigenvalue weighted by molar-refractivity contribution is 6.30. The van der Waals surface area contributed by atoms with Crippen molar-refractivity contribution in [1.82, 2.24) is 10.3 Å². The second kappa shape index (κ2) is 6.25. The van der Waals surface area contributed by atoms with E-state index < -0.39 is 0 Å². The predicted molar refractivity (Wildman–Crippen MR) is 79.9 cm³/mol. The highest BCUT2D eigenvalue weighted by Gasteiger charge is 2.20. The number of ether oxygens (including phenoxy) is 1. The summed E-state index contributed by atoms with van der Waals surface area (Å²) in [6.07, 6.45) is 4.35. The molecule has 0 spiro atoms. The lowest BCUT2D eigenvalue weighted by atomic mass is 10.2. The van der Waals surface area contributed by atoms with Gasteiger partial charge in [-0.2, -0.15) is 0 Å². The molecule has 1 heterocycles. The Kier molecular flexibility index (Phi) is 4.19. The zero-order valence-electron chi connectivity index (χ0n) is 11.2. The number of nitrogens with zero attached hydrogens (tertiary/aromatic N) is 1. The molecule has 0 amide bonds. The van der Waals surface area contributed by atoms with Crippen molar-refractivity contribution in [1.29, 1.82) is 0 Å². The molecule has 1 fully saturated rings. The topological polar surface area (TPSA) is 34.1 Å². The molecule has 2 aromatic rings. The van der Waals surface area contributed by atoms with Crippen LogP contribution in [-0.4, -0.2) is 11.0 Å². The summed E-state index contributed by atoms with van der Waals surface area (Å²) in [5.41, 5.74) is 2.08. The first-order valence-electron chi connectivity index (χ1n) is 6.85. The molecule has 0 aliphatic heterocycles. The van der Waals surface area contributed by atoms with Gasteiger partial charge >= 0.3 is 0 Å². The zero-order chi connectivity index (χ0) is 13.8. The van der Waals surface area contributed by atoms with Crippen LogP contribution in [0.1, 0.15) is 24.1 Å². The minimum atomic E-state index is 0.514. The normalized spacial score (nSPS) is 14.2. The SMILES string of the molecule is Clc1cccc(COc2ccnc(CNC3CC3)c2)c1. The molecule has 1 aliphatic rings. The molecule has 1 aliphatic carbocycles. The third-order valence-electron chi connectivity index (χ3n) is 3.23. The van der Waals surface area contributed by atoms with Crippen LogP contribution in [0.15, 0.2) is 42.6 Å². The van der Waals surface area contributed by atoms with Gasteiger partial charge in [0.25, 0.3) is 0 Å². The van der Waals surface area contributed by atoms with E-state index in [1.54, 1.807) is 6.20 Å². The monoisotopic (exact) mass is 288 g/mol. The Bertz CT molecular complexity index is 584. The molecule has 4 heteroatoms. The first-order chi connectivity index (χ1) is 9.79. The minimum absolute atomic E-state index is 0.514. The van der Waals surface area contributed by atoms with Gasteiger partial charge in [-0.05, 0) is 36.6 Å². The third-order valence-corrected chi connectivity index (χ3v) is 3.47. The number of benzene rings is 1. The Morgan fingerprint density at radius 3 is 2.95 bits per heavy atom. The average Bonchev–Trinajstić information content (AvgIpc) is 3.28. The molecule has 1 saturated carbocycles. The summed E-state index contributed by atoms with van der Waals surface area (Å²) >= 11 is 5.95. The van der Waals surface area contributed by atoms with E-state index in [-0.39, 0.29) is 0 Å². The molecule has 0 saturated heterocycles. The van der Waals surface area contributed by atoms with Crippen LogP contribution in [0.2, 0.25) is 5.02 Å². The van der Waals surface area contributed by atoms with Crippen LogP contribution in [0, 0.1) is 0 Å². The van der Waals surface area contributed by atoms with Crippen molar-refractivity contribution in [3.8, 4) is 5.75 Å². The van der Waals surface area contributed by atoms with E-state index >= 15 is 0 Å². The number of pyridine rings is 1. The second-order valence-electron chi connectivity index (χ2n) is 5.06. The zero-order valence-corrected chi connectivity index (χ0v) is 11.9. The Morgan fingerprint density at radius 2 is 2.15 bits per heavy atom. The Balaban J connectivity index is 1.57. The van der Waals surface area contributed by atoms with Crippen LogP contribution in [0.25, 0.3) is 0 Å². The van der Waals surface area contributed by atoms with E-state index in [1.165, 1.54) is 12.8 Å². The first kappa shape index (κ1) is 13.4. The maximum Gasteiger partial charge on any atom is 0.123 e. The maximum absolute atomic E-state index is 5.95.